The summed E-state index contributed by atoms with van der Waals surface area (Å²) >= 11 is 1.33. The van der Waals surface area contributed by atoms with E-state index < -0.39 is 11.7 Å². The second-order valence-corrected chi connectivity index (χ2v) is 5.13. The molecule has 0 fully saturated rings. The molecule has 0 aliphatic carbocycles. The Bertz CT molecular complexity index is 742. The van der Waals surface area contributed by atoms with Crippen LogP contribution in [-0.2, 0) is 6.18 Å². The standard InChI is InChI=1S/C12H8F3N3S/c13-12(14,15)6-1-2-7-8(5-6)18-11(17-7)9-3-4-10(16)19-9/h1-5H,16H2,(H,17,18). The zero-order valence-corrected chi connectivity index (χ0v) is 10.3. The molecule has 98 valence electrons. The van der Waals surface area contributed by atoms with E-state index in [0.29, 0.717) is 21.9 Å². The van der Waals surface area contributed by atoms with Gasteiger partial charge in [0.15, 0.2) is 0 Å². The van der Waals surface area contributed by atoms with Crippen LogP contribution in [0.15, 0.2) is 30.3 Å². The first kappa shape index (κ1) is 12.0. The Balaban J connectivity index is 2.11. The Morgan fingerprint density at radius 3 is 2.58 bits per heavy atom. The maximum Gasteiger partial charge on any atom is 0.416 e. The summed E-state index contributed by atoms with van der Waals surface area (Å²) < 4.78 is 37.8. The third-order valence-corrected chi connectivity index (χ3v) is 3.59. The minimum atomic E-state index is -4.35. The molecule has 7 heteroatoms. The number of nitrogen functional groups attached to an aromatic ring is 1. The van der Waals surface area contributed by atoms with Gasteiger partial charge >= 0.3 is 6.18 Å². The first-order chi connectivity index (χ1) is 8.93. The molecule has 1 aromatic carbocycles. The van der Waals surface area contributed by atoms with Crippen LogP contribution < -0.4 is 5.73 Å². The van der Waals surface area contributed by atoms with Gasteiger partial charge < -0.3 is 10.7 Å². The number of nitrogens with zero attached hydrogens (tertiary/aromatic N) is 1. The smallest absolute Gasteiger partial charge is 0.391 e. The molecule has 0 atom stereocenters. The Hall–Kier alpha value is -2.02. The SMILES string of the molecule is Nc1ccc(-c2nc3ccc(C(F)(F)F)cc3[nH]2)s1. The summed E-state index contributed by atoms with van der Waals surface area (Å²) in [5.74, 6) is 0.524. The highest BCUT2D eigenvalue weighted by molar-refractivity contribution is 7.19. The van der Waals surface area contributed by atoms with Crippen molar-refractivity contribution >= 4 is 27.4 Å². The molecule has 2 heterocycles. The fourth-order valence-corrected chi connectivity index (χ4v) is 2.50. The number of imidazole rings is 1. The summed E-state index contributed by atoms with van der Waals surface area (Å²) in [6.07, 6.45) is -4.35. The number of rotatable bonds is 1. The van der Waals surface area contributed by atoms with Crippen molar-refractivity contribution in [3.63, 3.8) is 0 Å². The van der Waals surface area contributed by atoms with Gasteiger partial charge in [0.2, 0.25) is 0 Å². The van der Waals surface area contributed by atoms with Gasteiger partial charge in [-0.25, -0.2) is 4.98 Å². The topological polar surface area (TPSA) is 54.7 Å². The van der Waals surface area contributed by atoms with Gasteiger partial charge in [0, 0.05) is 0 Å². The van der Waals surface area contributed by atoms with Crippen molar-refractivity contribution in [1.29, 1.82) is 0 Å². The molecule has 0 aliphatic heterocycles. The summed E-state index contributed by atoms with van der Waals surface area (Å²) in [5.41, 5.74) is 5.78. The Kier molecular flexibility index (Phi) is 2.53. The number of halogens is 3. The van der Waals surface area contributed by atoms with E-state index in [1.54, 1.807) is 12.1 Å². The molecule has 3 nitrogen and oxygen atoms in total. The number of nitrogens with one attached hydrogen (secondary N) is 1. The molecule has 3 N–H and O–H groups in total. The van der Waals surface area contributed by atoms with Crippen molar-refractivity contribution in [2.24, 2.45) is 0 Å². The highest BCUT2D eigenvalue weighted by Crippen LogP contribution is 2.33. The molecule has 19 heavy (non-hydrogen) atoms. The fraction of sp³-hybridized carbons (Fsp3) is 0.0833. The number of H-pyrrole nitrogens is 1. The van der Waals surface area contributed by atoms with Gasteiger partial charge in [0.1, 0.15) is 5.82 Å². The average Bonchev–Trinajstić information content (AvgIpc) is 2.92. The average molecular weight is 283 g/mol. The number of anilines is 1. The Morgan fingerprint density at radius 2 is 1.95 bits per heavy atom. The van der Waals surface area contributed by atoms with E-state index in [0.717, 1.165) is 17.0 Å². The third-order valence-electron chi connectivity index (χ3n) is 2.67. The van der Waals surface area contributed by atoms with Crippen molar-refractivity contribution in [2.75, 3.05) is 5.73 Å². The van der Waals surface area contributed by atoms with E-state index >= 15 is 0 Å². The van der Waals surface area contributed by atoms with Crippen LogP contribution in [0.3, 0.4) is 0 Å². The zero-order chi connectivity index (χ0) is 13.6. The van der Waals surface area contributed by atoms with E-state index in [4.69, 9.17) is 5.73 Å². The number of hydrogen-bond acceptors (Lipinski definition) is 3. The monoisotopic (exact) mass is 283 g/mol. The molecule has 0 saturated carbocycles. The number of benzene rings is 1. The zero-order valence-electron chi connectivity index (χ0n) is 9.45. The number of aromatic amines is 1. The number of fused-ring (bicyclic) bond motifs is 1. The Labute approximate surface area is 109 Å². The molecular weight excluding hydrogens is 275 g/mol. The van der Waals surface area contributed by atoms with Gasteiger partial charge in [-0.1, -0.05) is 0 Å². The fourth-order valence-electron chi connectivity index (χ4n) is 1.78. The summed E-state index contributed by atoms with van der Waals surface area (Å²) in [6, 6.07) is 6.95. The molecule has 0 spiro atoms. The van der Waals surface area contributed by atoms with Gasteiger partial charge in [-0.2, -0.15) is 13.2 Å². The highest BCUT2D eigenvalue weighted by Gasteiger charge is 2.30. The molecule has 3 rings (SSSR count). The number of thiophene rings is 1. The lowest BCUT2D eigenvalue weighted by atomic mass is 10.2. The molecule has 3 aromatic rings. The molecule has 0 saturated heterocycles. The first-order valence-electron chi connectivity index (χ1n) is 5.36. The number of hydrogen-bond donors (Lipinski definition) is 2. The number of alkyl halides is 3. The lowest BCUT2D eigenvalue weighted by Gasteiger charge is -2.05. The van der Waals surface area contributed by atoms with Crippen molar-refractivity contribution in [3.8, 4) is 10.7 Å². The largest absolute Gasteiger partial charge is 0.416 e. The summed E-state index contributed by atoms with van der Waals surface area (Å²) in [6.45, 7) is 0. The van der Waals surface area contributed by atoms with Crippen LogP contribution in [0.1, 0.15) is 5.56 Å². The highest BCUT2D eigenvalue weighted by atomic mass is 32.1. The van der Waals surface area contributed by atoms with Gasteiger partial charge in [-0.15, -0.1) is 11.3 Å². The summed E-state index contributed by atoms with van der Waals surface area (Å²) in [5, 5.41) is 0.631. The quantitative estimate of drug-likeness (QED) is 0.711. The van der Waals surface area contributed by atoms with Gasteiger partial charge in [-0.05, 0) is 30.3 Å². The normalized spacial score (nSPS) is 12.2. The lowest BCUT2D eigenvalue weighted by Crippen LogP contribution is -2.04. The van der Waals surface area contributed by atoms with Crippen LogP contribution in [0.5, 0.6) is 0 Å². The van der Waals surface area contributed by atoms with Crippen LogP contribution in [-0.4, -0.2) is 9.97 Å². The molecule has 2 aromatic heterocycles. The molecule has 0 radical (unpaired) electrons. The van der Waals surface area contributed by atoms with Crippen LogP contribution in [0.2, 0.25) is 0 Å². The second-order valence-electron chi connectivity index (χ2n) is 4.02. The van der Waals surface area contributed by atoms with Crippen molar-refractivity contribution in [3.05, 3.63) is 35.9 Å². The molecule has 0 aliphatic rings. The molecule has 0 unspecified atom stereocenters. The molecule has 0 amide bonds. The lowest BCUT2D eigenvalue weighted by molar-refractivity contribution is -0.137. The predicted molar refractivity (Wildman–Crippen MR) is 68.8 cm³/mol. The van der Waals surface area contributed by atoms with Gasteiger partial charge in [-0.3, -0.25) is 0 Å². The maximum atomic E-state index is 12.6. The third kappa shape index (κ3) is 2.17. The van der Waals surface area contributed by atoms with Crippen molar-refractivity contribution in [2.45, 2.75) is 6.18 Å². The van der Waals surface area contributed by atoms with E-state index in [1.807, 2.05) is 0 Å². The van der Waals surface area contributed by atoms with Crippen LogP contribution in [0.25, 0.3) is 21.7 Å². The number of aromatic nitrogens is 2. The van der Waals surface area contributed by atoms with E-state index in [9.17, 15) is 13.2 Å². The van der Waals surface area contributed by atoms with Crippen LogP contribution in [0, 0.1) is 0 Å². The molecular formula is C12H8F3N3S. The maximum absolute atomic E-state index is 12.6. The van der Waals surface area contributed by atoms with Crippen molar-refractivity contribution < 1.29 is 13.2 Å². The van der Waals surface area contributed by atoms with Gasteiger partial charge in [0.25, 0.3) is 0 Å². The minimum absolute atomic E-state index is 0.358. The predicted octanol–water partition coefficient (Wildman–Crippen LogP) is 3.89. The second kappa shape index (κ2) is 3.99. The van der Waals surface area contributed by atoms with Crippen LogP contribution >= 0.6 is 11.3 Å². The van der Waals surface area contributed by atoms with E-state index in [2.05, 4.69) is 9.97 Å². The number of nitrogens with two attached hydrogens (primary N) is 1. The van der Waals surface area contributed by atoms with E-state index in [-0.39, 0.29) is 0 Å². The minimum Gasteiger partial charge on any atom is -0.391 e. The first-order valence-corrected chi connectivity index (χ1v) is 6.18. The van der Waals surface area contributed by atoms with Crippen molar-refractivity contribution in [1.82, 2.24) is 9.97 Å². The summed E-state index contributed by atoms with van der Waals surface area (Å²) in [7, 11) is 0. The summed E-state index contributed by atoms with van der Waals surface area (Å²) in [4.78, 5) is 7.93. The van der Waals surface area contributed by atoms with Gasteiger partial charge in [0.05, 0.1) is 26.5 Å². The molecule has 0 bridgehead atoms. The van der Waals surface area contributed by atoms with E-state index in [1.165, 1.54) is 17.4 Å². The Morgan fingerprint density at radius 1 is 1.16 bits per heavy atom. The van der Waals surface area contributed by atoms with Crippen LogP contribution in [0.4, 0.5) is 18.2 Å².